The summed E-state index contributed by atoms with van der Waals surface area (Å²) in [7, 11) is 0. The van der Waals surface area contributed by atoms with Crippen molar-refractivity contribution in [3.63, 3.8) is 0 Å². The molecule has 0 saturated heterocycles. The molecule has 0 saturated carbocycles. The summed E-state index contributed by atoms with van der Waals surface area (Å²) < 4.78 is 29.8. The van der Waals surface area contributed by atoms with E-state index in [1.54, 1.807) is 18.3 Å². The summed E-state index contributed by atoms with van der Waals surface area (Å²) in [5, 5.41) is 2.53. The molecule has 4 aromatic rings. The number of aryl methyl sites for hydroxylation is 1. The molecule has 0 fully saturated rings. The third-order valence-electron chi connectivity index (χ3n) is 4.77. The average molecular weight is 408 g/mol. The Kier molecular flexibility index (Phi) is 5.14. The molecule has 0 bridgehead atoms. The number of carbonyl (C=O) groups is 1. The molecule has 0 aliphatic rings. The second-order valence-corrected chi connectivity index (χ2v) is 6.90. The van der Waals surface area contributed by atoms with Gasteiger partial charge < -0.3 is 5.32 Å². The van der Waals surface area contributed by atoms with E-state index in [-0.39, 0.29) is 18.7 Å². The maximum atomic E-state index is 13.8. The Hall–Kier alpha value is -3.81. The standard InChI is InChI=1S/C22H18F2N4O2/c1-14-4-7-17(8-5-14)28-21-19(3-2-10-25-21)27(22(28)30)13-20(29)26-12-15-11-16(23)6-9-18(15)24/h2-11H,12-13H2,1H3,(H,26,29). The molecule has 8 heteroatoms. The molecule has 0 radical (unpaired) electrons. The smallest absolute Gasteiger partial charge is 0.335 e. The number of aromatic nitrogens is 3. The zero-order valence-electron chi connectivity index (χ0n) is 16.1. The van der Waals surface area contributed by atoms with E-state index in [4.69, 9.17) is 0 Å². The van der Waals surface area contributed by atoms with E-state index in [9.17, 15) is 18.4 Å². The van der Waals surface area contributed by atoms with Gasteiger partial charge in [0.1, 0.15) is 18.2 Å². The first-order chi connectivity index (χ1) is 14.4. The molecule has 1 amide bonds. The van der Waals surface area contributed by atoms with Crippen molar-refractivity contribution in [1.82, 2.24) is 19.4 Å². The molecule has 0 spiro atoms. The van der Waals surface area contributed by atoms with Crippen LogP contribution in [-0.4, -0.2) is 20.0 Å². The van der Waals surface area contributed by atoms with E-state index in [1.165, 1.54) is 9.13 Å². The summed E-state index contributed by atoms with van der Waals surface area (Å²) in [6.07, 6.45) is 1.57. The molecular formula is C22H18F2N4O2. The number of carbonyl (C=O) groups excluding carboxylic acids is 1. The highest BCUT2D eigenvalue weighted by Gasteiger charge is 2.17. The Morgan fingerprint density at radius 1 is 1.10 bits per heavy atom. The Bertz CT molecular complexity index is 1290. The third-order valence-corrected chi connectivity index (χ3v) is 4.77. The van der Waals surface area contributed by atoms with E-state index < -0.39 is 23.2 Å². The van der Waals surface area contributed by atoms with E-state index in [1.807, 2.05) is 31.2 Å². The minimum Gasteiger partial charge on any atom is -0.350 e. The minimum absolute atomic E-state index is 0.0273. The molecule has 2 aromatic carbocycles. The number of halogens is 2. The van der Waals surface area contributed by atoms with Crippen molar-refractivity contribution in [3.05, 3.63) is 94.0 Å². The average Bonchev–Trinajstić information content (AvgIpc) is 3.01. The third kappa shape index (κ3) is 3.71. The van der Waals surface area contributed by atoms with E-state index in [0.717, 1.165) is 23.8 Å². The van der Waals surface area contributed by atoms with Gasteiger partial charge in [-0.05, 0) is 49.4 Å². The van der Waals surface area contributed by atoms with Crippen LogP contribution in [0.1, 0.15) is 11.1 Å². The van der Waals surface area contributed by atoms with Crippen molar-refractivity contribution in [2.24, 2.45) is 0 Å². The first-order valence-electron chi connectivity index (χ1n) is 9.28. The number of rotatable bonds is 5. The fourth-order valence-corrected chi connectivity index (χ4v) is 3.24. The van der Waals surface area contributed by atoms with Gasteiger partial charge in [-0.15, -0.1) is 0 Å². The van der Waals surface area contributed by atoms with Gasteiger partial charge >= 0.3 is 5.69 Å². The van der Waals surface area contributed by atoms with Gasteiger partial charge in [0.15, 0.2) is 5.65 Å². The Morgan fingerprint density at radius 3 is 2.63 bits per heavy atom. The predicted molar refractivity (Wildman–Crippen MR) is 108 cm³/mol. The highest BCUT2D eigenvalue weighted by Crippen LogP contribution is 2.16. The van der Waals surface area contributed by atoms with Crippen LogP contribution >= 0.6 is 0 Å². The van der Waals surface area contributed by atoms with Gasteiger partial charge in [0.25, 0.3) is 0 Å². The minimum atomic E-state index is -0.617. The molecule has 0 aliphatic heterocycles. The first-order valence-corrected chi connectivity index (χ1v) is 9.28. The molecule has 6 nitrogen and oxygen atoms in total. The van der Waals surface area contributed by atoms with Crippen LogP contribution < -0.4 is 11.0 Å². The number of benzene rings is 2. The van der Waals surface area contributed by atoms with Crippen molar-refractivity contribution in [2.75, 3.05) is 0 Å². The number of amides is 1. The highest BCUT2D eigenvalue weighted by molar-refractivity contribution is 5.80. The molecule has 30 heavy (non-hydrogen) atoms. The SMILES string of the molecule is Cc1ccc(-n2c(=O)n(CC(=O)NCc3cc(F)ccc3F)c3cccnc32)cc1. The summed E-state index contributed by atoms with van der Waals surface area (Å²) >= 11 is 0. The summed E-state index contributed by atoms with van der Waals surface area (Å²) in [5.41, 5.74) is 2.22. The summed E-state index contributed by atoms with van der Waals surface area (Å²) in [5.74, 6) is -1.72. The number of hydrogen-bond donors (Lipinski definition) is 1. The maximum absolute atomic E-state index is 13.8. The number of fused-ring (bicyclic) bond motifs is 1. The van der Waals surface area contributed by atoms with Crippen molar-refractivity contribution in [1.29, 1.82) is 0 Å². The fourth-order valence-electron chi connectivity index (χ4n) is 3.24. The van der Waals surface area contributed by atoms with Gasteiger partial charge in [-0.1, -0.05) is 17.7 Å². The first kappa shape index (κ1) is 19.5. The topological polar surface area (TPSA) is 68.9 Å². The van der Waals surface area contributed by atoms with Crippen molar-refractivity contribution < 1.29 is 13.6 Å². The van der Waals surface area contributed by atoms with Crippen LogP contribution in [0, 0.1) is 18.6 Å². The molecule has 0 unspecified atom stereocenters. The van der Waals surface area contributed by atoms with E-state index >= 15 is 0 Å². The van der Waals surface area contributed by atoms with Gasteiger partial charge in [0, 0.05) is 18.3 Å². The molecule has 152 valence electrons. The van der Waals surface area contributed by atoms with Crippen LogP contribution in [0.5, 0.6) is 0 Å². The molecule has 2 aromatic heterocycles. The molecule has 1 N–H and O–H groups in total. The molecule has 0 aliphatic carbocycles. The summed E-state index contributed by atoms with van der Waals surface area (Å²) in [4.78, 5) is 29.8. The number of hydrogen-bond acceptors (Lipinski definition) is 3. The fraction of sp³-hybridized carbons (Fsp3) is 0.136. The zero-order valence-corrected chi connectivity index (χ0v) is 16.1. The van der Waals surface area contributed by atoms with Crippen molar-refractivity contribution in [3.8, 4) is 5.69 Å². The van der Waals surface area contributed by atoms with Crippen molar-refractivity contribution in [2.45, 2.75) is 20.0 Å². The van der Waals surface area contributed by atoms with Gasteiger partial charge in [-0.2, -0.15) is 0 Å². The second kappa shape index (κ2) is 7.90. The Morgan fingerprint density at radius 2 is 1.87 bits per heavy atom. The maximum Gasteiger partial charge on any atom is 0.335 e. The number of pyridine rings is 1. The number of imidazole rings is 1. The lowest BCUT2D eigenvalue weighted by Crippen LogP contribution is -2.32. The lowest BCUT2D eigenvalue weighted by molar-refractivity contribution is -0.121. The Balaban J connectivity index is 1.64. The van der Waals surface area contributed by atoms with Gasteiger partial charge in [0.05, 0.1) is 11.2 Å². The zero-order chi connectivity index (χ0) is 21.3. The van der Waals surface area contributed by atoms with Crippen LogP contribution in [0.15, 0.2) is 65.6 Å². The number of nitrogens with zero attached hydrogens (tertiary/aromatic N) is 3. The van der Waals surface area contributed by atoms with Crippen LogP contribution in [0.4, 0.5) is 8.78 Å². The van der Waals surface area contributed by atoms with Gasteiger partial charge in [0.2, 0.25) is 5.91 Å². The monoisotopic (exact) mass is 408 g/mol. The quantitative estimate of drug-likeness (QED) is 0.552. The van der Waals surface area contributed by atoms with Crippen LogP contribution in [0.2, 0.25) is 0 Å². The lowest BCUT2D eigenvalue weighted by Gasteiger charge is -2.07. The normalized spacial score (nSPS) is 11.0. The summed E-state index contributed by atoms with van der Waals surface area (Å²) in [6, 6.07) is 13.8. The predicted octanol–water partition coefficient (Wildman–Crippen LogP) is 3.09. The van der Waals surface area contributed by atoms with Gasteiger partial charge in [-0.25, -0.2) is 23.1 Å². The van der Waals surface area contributed by atoms with E-state index in [2.05, 4.69) is 10.3 Å². The highest BCUT2D eigenvalue weighted by atomic mass is 19.1. The molecular weight excluding hydrogens is 390 g/mol. The van der Waals surface area contributed by atoms with Crippen molar-refractivity contribution >= 4 is 17.1 Å². The van der Waals surface area contributed by atoms with Gasteiger partial charge in [-0.3, -0.25) is 9.36 Å². The van der Waals surface area contributed by atoms with Crippen LogP contribution in [-0.2, 0) is 17.9 Å². The Labute approximate surface area is 170 Å². The molecule has 4 rings (SSSR count). The summed E-state index contributed by atoms with van der Waals surface area (Å²) in [6.45, 7) is 1.47. The van der Waals surface area contributed by atoms with E-state index in [0.29, 0.717) is 16.9 Å². The number of nitrogens with one attached hydrogen (secondary N) is 1. The second-order valence-electron chi connectivity index (χ2n) is 6.90. The molecule has 2 heterocycles. The lowest BCUT2D eigenvalue weighted by atomic mass is 10.2. The van der Waals surface area contributed by atoms with Crippen LogP contribution in [0.3, 0.4) is 0 Å². The molecule has 0 atom stereocenters. The largest absolute Gasteiger partial charge is 0.350 e. The van der Waals surface area contributed by atoms with Crippen LogP contribution in [0.25, 0.3) is 16.9 Å².